The molecule has 2 atom stereocenters. The SMILES string of the molecule is N=NC1CCC(N=N)(C(=O)OCc2ccccc2)CCC(N=N)(C(=O)OCc2ccccc2)CCC(N=N)(C(=O)OCc2ccccc2)CC1. The topological polar surface area (TPSA) is 224 Å². The molecule has 262 valence electrons. The fourth-order valence-electron chi connectivity index (χ4n) is 5.94. The van der Waals surface area contributed by atoms with Gasteiger partial charge in [0.15, 0.2) is 16.6 Å². The molecule has 14 heteroatoms. The van der Waals surface area contributed by atoms with E-state index in [-0.39, 0.29) is 71.2 Å². The first-order chi connectivity index (χ1) is 24.2. The van der Waals surface area contributed by atoms with Gasteiger partial charge in [-0.2, -0.15) is 20.5 Å². The number of benzene rings is 3. The molecule has 0 bridgehead atoms. The van der Waals surface area contributed by atoms with Gasteiger partial charge in [-0.25, -0.2) is 36.5 Å². The predicted molar refractivity (Wildman–Crippen MR) is 178 cm³/mol. The van der Waals surface area contributed by atoms with Gasteiger partial charge in [-0.05, 0) is 68.1 Å². The molecule has 4 rings (SSSR count). The molecule has 0 spiro atoms. The van der Waals surface area contributed by atoms with E-state index in [1.54, 1.807) is 72.8 Å². The van der Waals surface area contributed by atoms with E-state index in [1.165, 1.54) is 0 Å². The number of rotatable bonds is 13. The molecule has 3 aromatic carbocycles. The van der Waals surface area contributed by atoms with E-state index in [9.17, 15) is 14.4 Å². The van der Waals surface area contributed by atoms with E-state index >= 15 is 0 Å². The lowest BCUT2D eigenvalue weighted by molar-refractivity contribution is -0.157. The van der Waals surface area contributed by atoms with Gasteiger partial charge in [0.25, 0.3) is 0 Å². The Kier molecular flexibility index (Phi) is 13.2. The Hall–Kier alpha value is -5.53. The van der Waals surface area contributed by atoms with Crippen molar-refractivity contribution < 1.29 is 28.6 Å². The summed E-state index contributed by atoms with van der Waals surface area (Å²) in [7, 11) is 0. The summed E-state index contributed by atoms with van der Waals surface area (Å²) in [4.78, 5) is 41.4. The molecule has 4 N–H and O–H groups in total. The molecule has 14 nitrogen and oxygen atoms in total. The molecule has 0 amide bonds. The number of carbonyl (C=O) groups is 3. The molecule has 2 unspecified atom stereocenters. The maximum absolute atomic E-state index is 13.9. The molecular weight excluding hydrogens is 640 g/mol. The molecule has 3 aromatic rings. The molecular formula is C36H42N8O6. The van der Waals surface area contributed by atoms with Gasteiger partial charge in [-0.15, -0.1) is 0 Å². The van der Waals surface area contributed by atoms with Crippen molar-refractivity contribution in [3.05, 3.63) is 108 Å². The van der Waals surface area contributed by atoms with Gasteiger partial charge in [-0.3, -0.25) is 0 Å². The summed E-state index contributed by atoms with van der Waals surface area (Å²) >= 11 is 0. The van der Waals surface area contributed by atoms with Gasteiger partial charge in [0, 0.05) is 0 Å². The molecule has 1 aliphatic carbocycles. The number of carbonyl (C=O) groups excluding carboxylic acids is 3. The van der Waals surface area contributed by atoms with E-state index in [0.29, 0.717) is 5.56 Å². The number of nitrogens with zero attached hydrogens (tertiary/aromatic N) is 4. The van der Waals surface area contributed by atoms with Crippen LogP contribution in [0.5, 0.6) is 0 Å². The average molecular weight is 683 g/mol. The van der Waals surface area contributed by atoms with Crippen molar-refractivity contribution in [2.75, 3.05) is 0 Å². The summed E-state index contributed by atoms with van der Waals surface area (Å²) in [6.07, 6.45) is -0.971. The molecule has 0 heterocycles. The van der Waals surface area contributed by atoms with Crippen molar-refractivity contribution in [2.45, 2.75) is 93.8 Å². The number of nitrogens with one attached hydrogen (secondary N) is 4. The van der Waals surface area contributed by atoms with Crippen LogP contribution in [-0.2, 0) is 48.4 Å². The van der Waals surface area contributed by atoms with Gasteiger partial charge in [0.1, 0.15) is 19.8 Å². The maximum Gasteiger partial charge on any atom is 0.336 e. The van der Waals surface area contributed by atoms with Crippen LogP contribution in [-0.4, -0.2) is 40.6 Å². The monoisotopic (exact) mass is 682 g/mol. The van der Waals surface area contributed by atoms with Crippen LogP contribution in [0.2, 0.25) is 0 Å². The van der Waals surface area contributed by atoms with Crippen LogP contribution in [0.15, 0.2) is 111 Å². The van der Waals surface area contributed by atoms with Crippen molar-refractivity contribution in [3.63, 3.8) is 0 Å². The van der Waals surface area contributed by atoms with E-state index in [4.69, 9.17) is 36.3 Å². The standard InChI is InChI=1S/C36H42N8O6/c37-41-30-16-18-34(42-38,31(45)48-24-27-10-4-1-5-11-27)20-22-36(44-40,33(47)50-26-29-14-8-3-9-15-29)23-21-35(43-39,19-17-30)32(46)49-25-28-12-6-2-7-13-28/h1-15,30,37-40H,16-26H2. The van der Waals surface area contributed by atoms with Gasteiger partial charge in [0.05, 0.1) is 6.04 Å². The zero-order valence-electron chi connectivity index (χ0n) is 27.8. The highest BCUT2D eigenvalue weighted by molar-refractivity contribution is 5.84. The molecule has 1 saturated carbocycles. The Balaban J connectivity index is 1.67. The highest BCUT2D eigenvalue weighted by Gasteiger charge is 2.51. The molecule has 0 saturated heterocycles. The smallest absolute Gasteiger partial charge is 0.336 e. The second-order valence-corrected chi connectivity index (χ2v) is 12.5. The summed E-state index contributed by atoms with van der Waals surface area (Å²) in [6.45, 7) is -0.270. The minimum absolute atomic E-state index is 0.0745. The van der Waals surface area contributed by atoms with E-state index in [2.05, 4.69) is 20.5 Å². The zero-order valence-corrected chi connectivity index (χ0v) is 27.8. The lowest BCUT2D eigenvalue weighted by atomic mass is 9.75. The molecule has 0 aliphatic heterocycles. The molecule has 1 fully saturated rings. The van der Waals surface area contributed by atoms with Crippen molar-refractivity contribution in [1.29, 1.82) is 22.1 Å². The average Bonchev–Trinajstić information content (AvgIpc) is 3.17. The number of esters is 3. The summed E-state index contributed by atoms with van der Waals surface area (Å²) in [5.74, 6) is -2.47. The Labute approximate surface area is 290 Å². The molecule has 0 radical (unpaired) electrons. The van der Waals surface area contributed by atoms with Crippen LogP contribution in [0.3, 0.4) is 0 Å². The minimum atomic E-state index is -1.93. The van der Waals surface area contributed by atoms with Crippen molar-refractivity contribution in [2.24, 2.45) is 20.5 Å². The Morgan fingerprint density at radius 1 is 0.500 bits per heavy atom. The van der Waals surface area contributed by atoms with Crippen LogP contribution >= 0.6 is 0 Å². The lowest BCUT2D eigenvalue weighted by Crippen LogP contribution is -2.47. The zero-order chi connectivity index (χ0) is 35.9. The fourth-order valence-corrected chi connectivity index (χ4v) is 5.94. The highest BCUT2D eigenvalue weighted by Crippen LogP contribution is 2.40. The second kappa shape index (κ2) is 17.7. The Bertz CT molecular complexity index is 1540. The quantitative estimate of drug-likeness (QED) is 0.0791. The highest BCUT2D eigenvalue weighted by atomic mass is 16.5. The van der Waals surface area contributed by atoms with Gasteiger partial charge in [-0.1, -0.05) is 91.0 Å². The van der Waals surface area contributed by atoms with E-state index in [0.717, 1.165) is 11.1 Å². The summed E-state index contributed by atoms with van der Waals surface area (Å²) in [5, 5.41) is 15.0. The van der Waals surface area contributed by atoms with Crippen molar-refractivity contribution in [3.8, 4) is 0 Å². The van der Waals surface area contributed by atoms with Gasteiger partial charge >= 0.3 is 17.9 Å². The maximum atomic E-state index is 13.9. The van der Waals surface area contributed by atoms with Crippen LogP contribution in [0, 0.1) is 22.1 Å². The Morgan fingerprint density at radius 3 is 1.04 bits per heavy atom. The summed E-state index contributed by atoms with van der Waals surface area (Å²) < 4.78 is 17.0. The van der Waals surface area contributed by atoms with Crippen molar-refractivity contribution in [1.82, 2.24) is 0 Å². The minimum Gasteiger partial charge on any atom is -0.459 e. The first kappa shape index (κ1) is 37.3. The molecule has 1 aliphatic rings. The number of hydrogen-bond acceptors (Lipinski definition) is 14. The predicted octanol–water partition coefficient (Wildman–Crippen LogP) is 8.06. The second-order valence-electron chi connectivity index (χ2n) is 12.5. The third kappa shape index (κ3) is 9.33. The normalized spacial score (nSPS) is 24.2. The Morgan fingerprint density at radius 2 is 0.780 bits per heavy atom. The van der Waals surface area contributed by atoms with E-state index < -0.39 is 40.6 Å². The van der Waals surface area contributed by atoms with Crippen LogP contribution in [0.25, 0.3) is 0 Å². The van der Waals surface area contributed by atoms with Crippen LogP contribution in [0.1, 0.15) is 68.1 Å². The lowest BCUT2D eigenvalue weighted by Gasteiger charge is -2.35. The van der Waals surface area contributed by atoms with Crippen LogP contribution in [0.4, 0.5) is 0 Å². The molecule has 0 aromatic heterocycles. The van der Waals surface area contributed by atoms with Crippen LogP contribution < -0.4 is 0 Å². The molecule has 50 heavy (non-hydrogen) atoms. The van der Waals surface area contributed by atoms with Crippen molar-refractivity contribution >= 4 is 17.9 Å². The van der Waals surface area contributed by atoms with E-state index in [1.807, 2.05) is 18.2 Å². The third-order valence-electron chi connectivity index (χ3n) is 9.29. The first-order valence-corrected chi connectivity index (χ1v) is 16.4. The fraction of sp³-hybridized carbons (Fsp3) is 0.417. The number of hydrogen-bond donors (Lipinski definition) is 4. The van der Waals surface area contributed by atoms with Gasteiger partial charge < -0.3 is 14.2 Å². The first-order valence-electron chi connectivity index (χ1n) is 16.4. The third-order valence-corrected chi connectivity index (χ3v) is 9.29. The largest absolute Gasteiger partial charge is 0.459 e. The summed E-state index contributed by atoms with van der Waals surface area (Å²) in [6, 6.07) is 26.2. The van der Waals surface area contributed by atoms with Gasteiger partial charge in [0.2, 0.25) is 0 Å². The summed E-state index contributed by atoms with van der Waals surface area (Å²) in [5.41, 5.74) is 29.2. The number of ether oxygens (including phenoxy) is 3.